The minimum absolute atomic E-state index is 0.0215. The third kappa shape index (κ3) is 8.26. The number of unbranched alkanes of at least 4 members (excludes halogenated alkanes) is 1. The molecule has 0 radical (unpaired) electrons. The summed E-state index contributed by atoms with van der Waals surface area (Å²) in [6.45, 7) is 10.5. The molecule has 1 aromatic heterocycles. The fourth-order valence-corrected chi connectivity index (χ4v) is 5.17. The number of amides is 2. The highest BCUT2D eigenvalue weighted by Gasteiger charge is 2.25. The van der Waals surface area contributed by atoms with Crippen LogP contribution in [0.4, 0.5) is 0 Å². The maximum Gasteiger partial charge on any atom is 0.242 e. The first kappa shape index (κ1) is 27.0. The van der Waals surface area contributed by atoms with Gasteiger partial charge in [0.25, 0.3) is 0 Å². The van der Waals surface area contributed by atoms with E-state index in [1.54, 1.807) is 4.90 Å². The van der Waals surface area contributed by atoms with Gasteiger partial charge in [0.15, 0.2) is 0 Å². The molecule has 0 saturated heterocycles. The molecule has 0 spiro atoms. The lowest BCUT2D eigenvalue weighted by molar-refractivity contribution is -0.142. The Hall–Kier alpha value is -2.56. The number of hydrogen-bond acceptors (Lipinski definition) is 2. The molecule has 35 heavy (non-hydrogen) atoms. The summed E-state index contributed by atoms with van der Waals surface area (Å²) in [5, 5.41) is 0. The first-order chi connectivity index (χ1) is 16.9. The van der Waals surface area contributed by atoms with E-state index in [1.807, 2.05) is 18.7 Å². The van der Waals surface area contributed by atoms with Crippen LogP contribution in [0.3, 0.4) is 0 Å². The fraction of sp³-hybridized carbons (Fsp3) is 0.600. The number of carbonyl (C=O) groups is 2. The number of aryl methyl sites for hydroxylation is 1. The molecule has 1 heterocycles. The molecular weight excluding hydrogens is 434 g/mol. The summed E-state index contributed by atoms with van der Waals surface area (Å²) in [5.74, 6) is 0.856. The van der Waals surface area contributed by atoms with Gasteiger partial charge in [0.2, 0.25) is 11.8 Å². The molecule has 2 aromatic rings. The zero-order chi connectivity index (χ0) is 25.2. The van der Waals surface area contributed by atoms with Crippen LogP contribution in [0.1, 0.15) is 89.0 Å². The zero-order valence-corrected chi connectivity index (χ0v) is 22.3. The molecule has 192 valence electrons. The van der Waals surface area contributed by atoms with Gasteiger partial charge in [-0.1, -0.05) is 68.9 Å². The summed E-state index contributed by atoms with van der Waals surface area (Å²) in [7, 11) is 0. The van der Waals surface area contributed by atoms with Crippen LogP contribution in [-0.2, 0) is 22.7 Å². The van der Waals surface area contributed by atoms with Gasteiger partial charge in [0.05, 0.1) is 13.1 Å². The first-order valence-corrected chi connectivity index (χ1v) is 13.6. The van der Waals surface area contributed by atoms with Crippen LogP contribution in [-0.4, -0.2) is 45.3 Å². The number of carbonyl (C=O) groups excluding carboxylic acids is 2. The molecule has 2 amide bonds. The molecule has 1 aliphatic carbocycles. The average Bonchev–Trinajstić information content (AvgIpc) is 3.50. The Balaban J connectivity index is 1.66. The second-order valence-electron chi connectivity index (χ2n) is 10.6. The van der Waals surface area contributed by atoms with Crippen molar-refractivity contribution >= 4 is 11.8 Å². The van der Waals surface area contributed by atoms with Crippen LogP contribution in [0.15, 0.2) is 42.6 Å². The van der Waals surface area contributed by atoms with E-state index in [4.69, 9.17) is 0 Å². The van der Waals surface area contributed by atoms with Gasteiger partial charge in [0.1, 0.15) is 0 Å². The van der Waals surface area contributed by atoms with E-state index >= 15 is 0 Å². The largest absolute Gasteiger partial charge is 0.345 e. The summed E-state index contributed by atoms with van der Waals surface area (Å²) in [4.78, 5) is 30.3. The normalized spacial score (nSPS) is 14.0. The smallest absolute Gasteiger partial charge is 0.242 e. The second-order valence-corrected chi connectivity index (χ2v) is 10.6. The van der Waals surface area contributed by atoms with Crippen LogP contribution < -0.4 is 0 Å². The Morgan fingerprint density at radius 3 is 2.54 bits per heavy atom. The predicted molar refractivity (Wildman–Crippen MR) is 143 cm³/mol. The Bertz CT molecular complexity index is 943. The molecule has 1 aromatic carbocycles. The highest BCUT2D eigenvalue weighted by Crippen LogP contribution is 2.28. The second kappa shape index (κ2) is 13.5. The van der Waals surface area contributed by atoms with Gasteiger partial charge < -0.3 is 14.4 Å². The lowest BCUT2D eigenvalue weighted by Crippen LogP contribution is -2.46. The summed E-state index contributed by atoms with van der Waals surface area (Å²) < 4.78 is 2.23. The van der Waals surface area contributed by atoms with Crippen molar-refractivity contribution in [2.45, 2.75) is 98.2 Å². The van der Waals surface area contributed by atoms with Crippen molar-refractivity contribution in [3.63, 3.8) is 0 Å². The third-order valence-electron chi connectivity index (χ3n) is 7.34. The molecule has 3 rings (SSSR count). The van der Waals surface area contributed by atoms with Gasteiger partial charge >= 0.3 is 0 Å². The fourth-order valence-electron chi connectivity index (χ4n) is 5.17. The Kier molecular flexibility index (Phi) is 10.4. The first-order valence-electron chi connectivity index (χ1n) is 13.6. The maximum absolute atomic E-state index is 13.5. The van der Waals surface area contributed by atoms with Crippen molar-refractivity contribution < 1.29 is 9.59 Å². The van der Waals surface area contributed by atoms with Gasteiger partial charge in [-0.15, -0.1) is 0 Å². The highest BCUT2D eigenvalue weighted by atomic mass is 16.2. The molecule has 0 atom stereocenters. The van der Waals surface area contributed by atoms with Gasteiger partial charge in [0, 0.05) is 37.4 Å². The zero-order valence-electron chi connectivity index (χ0n) is 22.3. The molecule has 0 bridgehead atoms. The van der Waals surface area contributed by atoms with E-state index in [2.05, 4.69) is 61.0 Å². The molecule has 1 aliphatic rings. The van der Waals surface area contributed by atoms with E-state index < -0.39 is 0 Å². The van der Waals surface area contributed by atoms with Gasteiger partial charge in [-0.3, -0.25) is 9.59 Å². The van der Waals surface area contributed by atoms with Crippen molar-refractivity contribution in [1.82, 2.24) is 14.4 Å². The monoisotopic (exact) mass is 479 g/mol. The molecule has 1 saturated carbocycles. The van der Waals surface area contributed by atoms with Crippen LogP contribution in [0, 0.1) is 12.8 Å². The quantitative estimate of drug-likeness (QED) is 0.344. The lowest BCUT2D eigenvalue weighted by atomic mass is 10.0. The van der Waals surface area contributed by atoms with Gasteiger partial charge in [-0.2, -0.15) is 0 Å². The third-order valence-corrected chi connectivity index (χ3v) is 7.34. The summed E-state index contributed by atoms with van der Waals surface area (Å²) >= 11 is 0. The summed E-state index contributed by atoms with van der Waals surface area (Å²) in [5.41, 5.74) is 3.63. The number of rotatable bonds is 13. The predicted octanol–water partition coefficient (Wildman–Crippen LogP) is 6.18. The van der Waals surface area contributed by atoms with E-state index in [9.17, 15) is 9.59 Å². The van der Waals surface area contributed by atoms with E-state index in [-0.39, 0.29) is 24.4 Å². The molecule has 0 N–H and O–H groups in total. The van der Waals surface area contributed by atoms with E-state index in [1.165, 1.54) is 36.8 Å². The van der Waals surface area contributed by atoms with Gasteiger partial charge in [-0.05, 0) is 57.2 Å². The van der Waals surface area contributed by atoms with Crippen LogP contribution in [0.5, 0.6) is 0 Å². The molecule has 5 nitrogen and oxygen atoms in total. The average molecular weight is 480 g/mol. The van der Waals surface area contributed by atoms with E-state index in [0.29, 0.717) is 25.4 Å². The number of aromatic nitrogens is 1. The molecule has 0 aliphatic heterocycles. The lowest BCUT2D eigenvalue weighted by Gasteiger charge is -2.30. The Morgan fingerprint density at radius 1 is 1.09 bits per heavy atom. The Labute approximate surface area is 212 Å². The maximum atomic E-state index is 13.5. The summed E-state index contributed by atoms with van der Waals surface area (Å²) in [6.07, 6.45) is 10.7. The summed E-state index contributed by atoms with van der Waals surface area (Å²) in [6, 6.07) is 12.7. The molecule has 0 unspecified atom stereocenters. The minimum atomic E-state index is 0.0215. The Morgan fingerprint density at radius 2 is 1.86 bits per heavy atom. The van der Waals surface area contributed by atoms with Crippen LogP contribution in [0.25, 0.3) is 0 Å². The van der Waals surface area contributed by atoms with Crippen molar-refractivity contribution in [2.75, 3.05) is 13.1 Å². The molecular formula is C30H45N3O2. The highest BCUT2D eigenvalue weighted by molar-refractivity contribution is 5.85. The van der Waals surface area contributed by atoms with Gasteiger partial charge in [-0.25, -0.2) is 0 Å². The SMILES string of the molecule is CCCCN(Cc1cccn1Cc1cccc(C)c1)C(=O)CN(C(=O)CCC1CCCC1)C(C)C. The number of hydrogen-bond donors (Lipinski definition) is 0. The topological polar surface area (TPSA) is 45.6 Å². The van der Waals surface area contributed by atoms with Crippen molar-refractivity contribution in [3.8, 4) is 0 Å². The van der Waals surface area contributed by atoms with Crippen molar-refractivity contribution in [2.24, 2.45) is 5.92 Å². The van der Waals surface area contributed by atoms with Crippen molar-refractivity contribution in [1.29, 1.82) is 0 Å². The minimum Gasteiger partial charge on any atom is -0.345 e. The van der Waals surface area contributed by atoms with Crippen molar-refractivity contribution in [3.05, 3.63) is 59.4 Å². The molecule has 1 fully saturated rings. The standard InChI is InChI=1S/C30H45N3O2/c1-5-6-18-32(22-28-15-10-19-31(28)21-27-14-9-11-25(4)20-27)30(35)23-33(24(2)3)29(34)17-16-26-12-7-8-13-26/h9-11,14-15,19-20,24,26H,5-8,12-13,16-18,21-23H2,1-4H3. The molecule has 5 heteroatoms. The van der Waals surface area contributed by atoms with E-state index in [0.717, 1.165) is 31.5 Å². The number of nitrogens with zero attached hydrogens (tertiary/aromatic N) is 3. The van der Waals surface area contributed by atoms with Crippen LogP contribution >= 0.6 is 0 Å². The van der Waals surface area contributed by atoms with Crippen LogP contribution in [0.2, 0.25) is 0 Å². The number of benzene rings is 1.